The zero-order chi connectivity index (χ0) is 14.8. The normalized spacial score (nSPS) is 12.5. The Hall–Kier alpha value is -1.20. The van der Waals surface area contributed by atoms with Gasteiger partial charge in [0.15, 0.2) is 5.78 Å². The van der Waals surface area contributed by atoms with Gasteiger partial charge in [0.2, 0.25) is 10.0 Å². The van der Waals surface area contributed by atoms with E-state index >= 15 is 0 Å². The van der Waals surface area contributed by atoms with E-state index < -0.39 is 15.4 Å². The Bertz CT molecular complexity index is 583. The van der Waals surface area contributed by atoms with Crippen molar-refractivity contribution in [2.45, 2.75) is 39.5 Å². The predicted molar refractivity (Wildman–Crippen MR) is 75.6 cm³/mol. The summed E-state index contributed by atoms with van der Waals surface area (Å²) in [6.07, 6.45) is 0. The molecule has 0 aliphatic carbocycles. The van der Waals surface area contributed by atoms with Crippen molar-refractivity contribution in [2.75, 3.05) is 6.54 Å². The Morgan fingerprint density at radius 2 is 1.74 bits per heavy atom. The zero-order valence-corrected chi connectivity index (χ0v) is 12.9. The van der Waals surface area contributed by atoms with Crippen LogP contribution in [0.3, 0.4) is 0 Å². The van der Waals surface area contributed by atoms with E-state index in [4.69, 9.17) is 0 Å². The highest BCUT2D eigenvalue weighted by molar-refractivity contribution is 7.89. The van der Waals surface area contributed by atoms with Crippen LogP contribution in [0.4, 0.5) is 0 Å². The molecule has 0 amide bonds. The Kier molecular flexibility index (Phi) is 4.53. The van der Waals surface area contributed by atoms with Crippen molar-refractivity contribution in [1.29, 1.82) is 0 Å². The zero-order valence-electron chi connectivity index (χ0n) is 12.1. The summed E-state index contributed by atoms with van der Waals surface area (Å²) in [6, 6.07) is 4.92. The van der Waals surface area contributed by atoms with Crippen molar-refractivity contribution in [3.63, 3.8) is 0 Å². The molecule has 0 saturated heterocycles. The smallest absolute Gasteiger partial charge is 0.240 e. The van der Waals surface area contributed by atoms with Gasteiger partial charge >= 0.3 is 0 Å². The van der Waals surface area contributed by atoms with E-state index in [9.17, 15) is 13.2 Å². The molecule has 19 heavy (non-hydrogen) atoms. The highest BCUT2D eigenvalue weighted by Gasteiger charge is 2.23. The lowest BCUT2D eigenvalue weighted by atomic mass is 9.91. The summed E-state index contributed by atoms with van der Waals surface area (Å²) in [6.45, 7) is 8.88. The molecule has 0 heterocycles. The lowest BCUT2D eigenvalue weighted by Gasteiger charge is -2.17. The summed E-state index contributed by atoms with van der Waals surface area (Å²) < 4.78 is 26.5. The van der Waals surface area contributed by atoms with Gasteiger partial charge in [-0.1, -0.05) is 26.8 Å². The minimum absolute atomic E-state index is 0.139. The molecule has 0 aliphatic rings. The molecule has 4 nitrogen and oxygen atoms in total. The molecular formula is C14H21NO3S. The molecular weight excluding hydrogens is 262 g/mol. The molecule has 0 aliphatic heterocycles. The summed E-state index contributed by atoms with van der Waals surface area (Å²) in [5, 5.41) is 0. The van der Waals surface area contributed by atoms with Crippen LogP contribution in [0.15, 0.2) is 23.1 Å². The second-order valence-corrected chi connectivity index (χ2v) is 7.51. The molecule has 0 radical (unpaired) electrons. The van der Waals surface area contributed by atoms with Gasteiger partial charge in [-0.3, -0.25) is 4.79 Å². The van der Waals surface area contributed by atoms with Gasteiger partial charge < -0.3 is 0 Å². The van der Waals surface area contributed by atoms with Crippen molar-refractivity contribution in [1.82, 2.24) is 4.72 Å². The summed E-state index contributed by atoms with van der Waals surface area (Å²) >= 11 is 0. The van der Waals surface area contributed by atoms with Crippen LogP contribution in [0, 0.1) is 19.3 Å². The van der Waals surface area contributed by atoms with Crippen LogP contribution < -0.4 is 4.72 Å². The number of nitrogens with one attached hydrogen (secondary N) is 1. The number of aryl methyl sites for hydroxylation is 2. The molecule has 1 rings (SSSR count). The first kappa shape index (κ1) is 15.9. The van der Waals surface area contributed by atoms with Crippen LogP contribution in [-0.2, 0) is 14.8 Å². The maximum Gasteiger partial charge on any atom is 0.240 e. The SMILES string of the molecule is Cc1ccc(S(=O)(=O)NCC(=O)C(C)(C)C)cc1C. The molecule has 0 atom stereocenters. The number of benzene rings is 1. The predicted octanol–water partition coefficient (Wildman–Crippen LogP) is 2.20. The van der Waals surface area contributed by atoms with Gasteiger partial charge in [0.1, 0.15) is 0 Å². The average molecular weight is 283 g/mol. The van der Waals surface area contributed by atoms with Crippen LogP contribution in [0.5, 0.6) is 0 Å². The fourth-order valence-corrected chi connectivity index (χ4v) is 2.46. The Morgan fingerprint density at radius 3 is 2.21 bits per heavy atom. The van der Waals surface area contributed by atoms with Crippen molar-refractivity contribution >= 4 is 15.8 Å². The Labute approximate surface area is 115 Å². The molecule has 0 unspecified atom stereocenters. The monoisotopic (exact) mass is 283 g/mol. The second-order valence-electron chi connectivity index (χ2n) is 5.74. The van der Waals surface area contributed by atoms with E-state index in [0.29, 0.717) is 0 Å². The van der Waals surface area contributed by atoms with Gasteiger partial charge in [-0.15, -0.1) is 0 Å². The molecule has 1 aromatic carbocycles. The van der Waals surface area contributed by atoms with E-state index in [0.717, 1.165) is 11.1 Å². The molecule has 0 fully saturated rings. The number of sulfonamides is 1. The number of hydrogen-bond acceptors (Lipinski definition) is 3. The van der Waals surface area contributed by atoms with E-state index in [-0.39, 0.29) is 17.2 Å². The third-order valence-electron chi connectivity index (χ3n) is 3.05. The first-order valence-electron chi connectivity index (χ1n) is 6.14. The van der Waals surface area contributed by atoms with Crippen LogP contribution in [-0.4, -0.2) is 20.7 Å². The number of carbonyl (C=O) groups excluding carboxylic acids is 1. The lowest BCUT2D eigenvalue weighted by molar-refractivity contribution is -0.125. The fraction of sp³-hybridized carbons (Fsp3) is 0.500. The van der Waals surface area contributed by atoms with Crippen LogP contribution in [0.25, 0.3) is 0 Å². The van der Waals surface area contributed by atoms with Crippen molar-refractivity contribution in [2.24, 2.45) is 5.41 Å². The minimum Gasteiger partial charge on any atom is -0.298 e. The van der Waals surface area contributed by atoms with E-state index in [2.05, 4.69) is 4.72 Å². The summed E-state index contributed by atoms with van der Waals surface area (Å²) in [5.41, 5.74) is 1.39. The molecule has 106 valence electrons. The molecule has 5 heteroatoms. The van der Waals surface area contributed by atoms with Crippen molar-refractivity contribution < 1.29 is 13.2 Å². The Balaban J connectivity index is 2.88. The maximum absolute atomic E-state index is 12.1. The quantitative estimate of drug-likeness (QED) is 0.921. The topological polar surface area (TPSA) is 63.2 Å². The van der Waals surface area contributed by atoms with Gasteiger partial charge in [-0.25, -0.2) is 13.1 Å². The number of hydrogen-bond donors (Lipinski definition) is 1. The second kappa shape index (κ2) is 5.43. The van der Waals surface area contributed by atoms with E-state index in [1.165, 1.54) is 0 Å². The number of carbonyl (C=O) groups is 1. The van der Waals surface area contributed by atoms with Gasteiger partial charge in [0, 0.05) is 5.41 Å². The number of rotatable bonds is 4. The van der Waals surface area contributed by atoms with Crippen LogP contribution in [0.1, 0.15) is 31.9 Å². The van der Waals surface area contributed by atoms with Gasteiger partial charge in [0.25, 0.3) is 0 Å². The fourth-order valence-electron chi connectivity index (χ4n) is 1.39. The third-order valence-corrected chi connectivity index (χ3v) is 4.45. The van der Waals surface area contributed by atoms with Gasteiger partial charge in [0.05, 0.1) is 11.4 Å². The van der Waals surface area contributed by atoms with E-state index in [1.807, 2.05) is 13.8 Å². The third kappa shape index (κ3) is 4.14. The van der Waals surface area contributed by atoms with Crippen molar-refractivity contribution in [3.8, 4) is 0 Å². The number of ketones is 1. The van der Waals surface area contributed by atoms with Crippen LogP contribution >= 0.6 is 0 Å². The molecule has 0 bridgehead atoms. The summed E-state index contributed by atoms with van der Waals surface area (Å²) in [5.74, 6) is -0.139. The highest BCUT2D eigenvalue weighted by Crippen LogP contribution is 2.16. The molecule has 0 saturated carbocycles. The van der Waals surface area contributed by atoms with E-state index in [1.54, 1.807) is 39.0 Å². The van der Waals surface area contributed by atoms with Gasteiger partial charge in [-0.05, 0) is 37.1 Å². The molecule has 0 spiro atoms. The molecule has 1 aromatic rings. The molecule has 1 N–H and O–H groups in total. The summed E-state index contributed by atoms with van der Waals surface area (Å²) in [4.78, 5) is 11.9. The average Bonchev–Trinajstić information content (AvgIpc) is 2.28. The minimum atomic E-state index is -3.63. The molecule has 0 aromatic heterocycles. The van der Waals surface area contributed by atoms with Crippen molar-refractivity contribution in [3.05, 3.63) is 29.3 Å². The maximum atomic E-state index is 12.1. The van der Waals surface area contributed by atoms with Gasteiger partial charge in [-0.2, -0.15) is 0 Å². The largest absolute Gasteiger partial charge is 0.298 e. The Morgan fingerprint density at radius 1 is 1.16 bits per heavy atom. The summed E-state index contributed by atoms with van der Waals surface area (Å²) in [7, 11) is -3.63. The standard InChI is InChI=1S/C14H21NO3S/c1-10-6-7-12(8-11(10)2)19(17,18)15-9-13(16)14(3,4)5/h6-8,15H,9H2,1-5H3. The lowest BCUT2D eigenvalue weighted by Crippen LogP contribution is -2.35. The highest BCUT2D eigenvalue weighted by atomic mass is 32.2. The van der Waals surface area contributed by atoms with Crippen LogP contribution in [0.2, 0.25) is 0 Å². The first-order chi connectivity index (χ1) is 8.54. The number of Topliss-reactive ketones (excluding diaryl/α,β-unsaturated/α-hetero) is 1. The first-order valence-corrected chi connectivity index (χ1v) is 7.62.